The second-order valence-corrected chi connectivity index (χ2v) is 4.96. The number of primary amides is 1. The number of nitrogens with one attached hydrogen (secondary N) is 1. The lowest BCUT2D eigenvalue weighted by Gasteiger charge is -2.12. The van der Waals surface area contributed by atoms with Crippen molar-refractivity contribution in [1.82, 2.24) is 4.98 Å². The Labute approximate surface area is 113 Å². The minimum atomic E-state index is -0.578. The molecular formula is C11H11ClN4OS. The maximum atomic E-state index is 11.3. The fraction of sp³-hybridized carbons (Fsp3) is 0.0909. The first-order valence-electron chi connectivity index (χ1n) is 5.09. The number of hydrogen-bond donors (Lipinski definition) is 3. The number of anilines is 2. The molecule has 2 aromatic rings. The van der Waals surface area contributed by atoms with Crippen LogP contribution in [0.4, 0.5) is 11.4 Å². The molecule has 0 spiro atoms. The summed E-state index contributed by atoms with van der Waals surface area (Å²) in [6.45, 7) is 0.474. The third-order valence-electron chi connectivity index (χ3n) is 2.28. The standard InChI is InChI=1S/C11H11ClN4OS/c12-8-4-6(13)3-7(11(14)17)10(8)16-5-9-15-1-2-18-9/h1-4,16H,5,13H2,(H2,14,17). The summed E-state index contributed by atoms with van der Waals surface area (Å²) >= 11 is 7.56. The largest absolute Gasteiger partial charge is 0.399 e. The smallest absolute Gasteiger partial charge is 0.250 e. The zero-order valence-corrected chi connectivity index (χ0v) is 10.9. The van der Waals surface area contributed by atoms with Gasteiger partial charge in [0.2, 0.25) is 0 Å². The first kappa shape index (κ1) is 12.7. The predicted octanol–water partition coefficient (Wildman–Crippen LogP) is 2.09. The molecule has 0 saturated heterocycles. The molecule has 1 amide bonds. The van der Waals surface area contributed by atoms with Gasteiger partial charge in [-0.15, -0.1) is 11.3 Å². The first-order chi connectivity index (χ1) is 8.58. The summed E-state index contributed by atoms with van der Waals surface area (Å²) in [6.07, 6.45) is 1.71. The van der Waals surface area contributed by atoms with E-state index in [9.17, 15) is 4.79 Å². The van der Waals surface area contributed by atoms with Crippen LogP contribution in [0.1, 0.15) is 15.4 Å². The van der Waals surface area contributed by atoms with Crippen molar-refractivity contribution in [3.63, 3.8) is 0 Å². The lowest BCUT2D eigenvalue weighted by Crippen LogP contribution is -2.15. The number of hydrogen-bond acceptors (Lipinski definition) is 5. The molecule has 0 bridgehead atoms. The molecule has 94 valence electrons. The number of carbonyl (C=O) groups is 1. The van der Waals surface area contributed by atoms with E-state index in [1.165, 1.54) is 17.4 Å². The van der Waals surface area contributed by atoms with Gasteiger partial charge in [0.1, 0.15) is 5.01 Å². The summed E-state index contributed by atoms with van der Waals surface area (Å²) in [4.78, 5) is 15.5. The Bertz CT molecular complexity index is 571. The van der Waals surface area contributed by atoms with Crippen molar-refractivity contribution in [2.24, 2.45) is 5.73 Å². The molecule has 1 heterocycles. The average Bonchev–Trinajstić information content (AvgIpc) is 2.79. The molecular weight excluding hydrogens is 272 g/mol. The predicted molar refractivity (Wildman–Crippen MR) is 73.8 cm³/mol. The third-order valence-corrected chi connectivity index (χ3v) is 3.36. The van der Waals surface area contributed by atoms with Crippen LogP contribution in [0.25, 0.3) is 0 Å². The summed E-state index contributed by atoms with van der Waals surface area (Å²) in [6, 6.07) is 3.07. The SMILES string of the molecule is NC(=O)c1cc(N)cc(Cl)c1NCc1nccs1. The van der Waals surface area contributed by atoms with Crippen molar-refractivity contribution in [2.75, 3.05) is 11.1 Å². The van der Waals surface area contributed by atoms with Gasteiger partial charge in [0, 0.05) is 17.3 Å². The van der Waals surface area contributed by atoms with Crippen molar-refractivity contribution < 1.29 is 4.79 Å². The Balaban J connectivity index is 2.28. The summed E-state index contributed by atoms with van der Waals surface area (Å²) in [5.41, 5.74) is 12.1. The highest BCUT2D eigenvalue weighted by Gasteiger charge is 2.13. The molecule has 18 heavy (non-hydrogen) atoms. The van der Waals surface area contributed by atoms with Gasteiger partial charge < -0.3 is 16.8 Å². The van der Waals surface area contributed by atoms with Gasteiger partial charge >= 0.3 is 0 Å². The number of carbonyl (C=O) groups excluding carboxylic acids is 1. The number of thiazole rings is 1. The lowest BCUT2D eigenvalue weighted by molar-refractivity contribution is 0.100. The van der Waals surface area contributed by atoms with Gasteiger partial charge in [0.15, 0.2) is 0 Å². The molecule has 5 nitrogen and oxygen atoms in total. The van der Waals surface area contributed by atoms with Gasteiger partial charge in [0.05, 0.1) is 22.8 Å². The summed E-state index contributed by atoms with van der Waals surface area (Å²) < 4.78 is 0. The lowest BCUT2D eigenvalue weighted by atomic mass is 10.1. The van der Waals surface area contributed by atoms with Crippen LogP contribution in [-0.4, -0.2) is 10.9 Å². The van der Waals surface area contributed by atoms with E-state index >= 15 is 0 Å². The van der Waals surface area contributed by atoms with Gasteiger partial charge in [0.25, 0.3) is 5.91 Å². The Kier molecular flexibility index (Phi) is 3.69. The Morgan fingerprint density at radius 3 is 2.89 bits per heavy atom. The van der Waals surface area contributed by atoms with Crippen LogP contribution in [-0.2, 0) is 6.54 Å². The molecule has 0 atom stereocenters. The monoisotopic (exact) mass is 282 g/mol. The van der Waals surface area contributed by atoms with Crippen molar-refractivity contribution >= 4 is 40.2 Å². The van der Waals surface area contributed by atoms with Crippen molar-refractivity contribution in [2.45, 2.75) is 6.54 Å². The van der Waals surface area contributed by atoms with Gasteiger partial charge in [-0.25, -0.2) is 4.98 Å². The Hall–Kier alpha value is -1.79. The molecule has 0 saturated carbocycles. The molecule has 1 aromatic carbocycles. The Morgan fingerprint density at radius 1 is 1.50 bits per heavy atom. The quantitative estimate of drug-likeness (QED) is 0.749. The van der Waals surface area contributed by atoms with Crippen LogP contribution in [0, 0.1) is 0 Å². The number of nitrogens with zero attached hydrogens (tertiary/aromatic N) is 1. The summed E-state index contributed by atoms with van der Waals surface area (Å²) in [5, 5.41) is 6.17. The second kappa shape index (κ2) is 5.24. The van der Waals surface area contributed by atoms with Crippen LogP contribution < -0.4 is 16.8 Å². The van der Waals surface area contributed by atoms with E-state index in [4.69, 9.17) is 23.1 Å². The molecule has 7 heteroatoms. The molecule has 0 aliphatic heterocycles. The van der Waals surface area contributed by atoms with Crippen LogP contribution in [0.5, 0.6) is 0 Å². The molecule has 2 rings (SSSR count). The average molecular weight is 283 g/mol. The summed E-state index contributed by atoms with van der Waals surface area (Å²) in [7, 11) is 0. The van der Waals surface area contributed by atoms with Gasteiger partial charge in [-0.1, -0.05) is 11.6 Å². The molecule has 0 aliphatic carbocycles. The van der Waals surface area contributed by atoms with E-state index in [1.807, 2.05) is 5.38 Å². The van der Waals surface area contributed by atoms with Gasteiger partial charge in [-0.05, 0) is 12.1 Å². The second-order valence-electron chi connectivity index (χ2n) is 3.57. The number of nitrogens with two attached hydrogens (primary N) is 2. The van der Waals surface area contributed by atoms with Crippen LogP contribution >= 0.6 is 22.9 Å². The molecule has 0 unspecified atom stereocenters. The first-order valence-corrected chi connectivity index (χ1v) is 6.34. The van der Waals surface area contributed by atoms with Crippen molar-refractivity contribution in [3.05, 3.63) is 39.3 Å². The molecule has 0 aliphatic rings. The number of amides is 1. The van der Waals surface area contributed by atoms with Gasteiger partial charge in [-0.2, -0.15) is 0 Å². The van der Waals surface area contributed by atoms with E-state index in [1.54, 1.807) is 12.3 Å². The minimum absolute atomic E-state index is 0.275. The fourth-order valence-electron chi connectivity index (χ4n) is 1.51. The van der Waals surface area contributed by atoms with E-state index in [2.05, 4.69) is 10.3 Å². The van der Waals surface area contributed by atoms with Crippen LogP contribution in [0.15, 0.2) is 23.7 Å². The fourth-order valence-corrected chi connectivity index (χ4v) is 2.36. The maximum Gasteiger partial charge on any atom is 0.250 e. The third kappa shape index (κ3) is 2.72. The number of benzene rings is 1. The highest BCUT2D eigenvalue weighted by molar-refractivity contribution is 7.09. The number of halogens is 1. The molecule has 1 aromatic heterocycles. The maximum absolute atomic E-state index is 11.3. The van der Waals surface area contributed by atoms with Gasteiger partial charge in [-0.3, -0.25) is 4.79 Å². The van der Waals surface area contributed by atoms with E-state index in [0.717, 1.165) is 5.01 Å². The van der Waals surface area contributed by atoms with E-state index in [-0.39, 0.29) is 5.56 Å². The molecule has 5 N–H and O–H groups in total. The zero-order chi connectivity index (χ0) is 13.1. The number of rotatable bonds is 4. The van der Waals surface area contributed by atoms with Crippen molar-refractivity contribution in [1.29, 1.82) is 0 Å². The highest BCUT2D eigenvalue weighted by atomic mass is 35.5. The van der Waals surface area contributed by atoms with Crippen LogP contribution in [0.2, 0.25) is 5.02 Å². The summed E-state index contributed by atoms with van der Waals surface area (Å²) in [5.74, 6) is -0.578. The van der Waals surface area contributed by atoms with Crippen molar-refractivity contribution in [3.8, 4) is 0 Å². The zero-order valence-electron chi connectivity index (χ0n) is 9.31. The normalized spacial score (nSPS) is 10.3. The number of nitrogen functional groups attached to an aromatic ring is 1. The Morgan fingerprint density at radius 2 is 2.28 bits per heavy atom. The molecule has 0 radical (unpaired) electrons. The topological polar surface area (TPSA) is 94.0 Å². The highest BCUT2D eigenvalue weighted by Crippen LogP contribution is 2.29. The minimum Gasteiger partial charge on any atom is -0.399 e. The van der Waals surface area contributed by atoms with Crippen LogP contribution in [0.3, 0.4) is 0 Å². The van der Waals surface area contributed by atoms with E-state index in [0.29, 0.717) is 22.9 Å². The van der Waals surface area contributed by atoms with E-state index < -0.39 is 5.91 Å². The molecule has 0 fully saturated rings. The number of aromatic nitrogens is 1.